The van der Waals surface area contributed by atoms with Gasteiger partial charge in [-0.3, -0.25) is 19.7 Å². The highest BCUT2D eigenvalue weighted by molar-refractivity contribution is 8.15. The number of thioether (sulfide) groups is 1. The van der Waals surface area contributed by atoms with Crippen molar-refractivity contribution >= 4 is 28.7 Å². The Kier molecular flexibility index (Phi) is 3.57. The van der Waals surface area contributed by atoms with Crippen LogP contribution in [0.3, 0.4) is 0 Å². The number of carbonyl (C=O) groups excluding carboxylic acids is 3. The second-order valence-corrected chi connectivity index (χ2v) is 4.94. The first-order chi connectivity index (χ1) is 7.66. The molecule has 0 bridgehead atoms. The van der Waals surface area contributed by atoms with Crippen molar-refractivity contribution in [2.75, 3.05) is 19.6 Å². The van der Waals surface area contributed by atoms with E-state index in [4.69, 9.17) is 0 Å². The fourth-order valence-electron chi connectivity index (χ4n) is 1.73. The summed E-state index contributed by atoms with van der Waals surface area (Å²) in [6.07, 6.45) is 0.113. The molecule has 6 nitrogen and oxygen atoms in total. The van der Waals surface area contributed by atoms with Crippen LogP contribution in [0, 0.1) is 0 Å². The topological polar surface area (TPSA) is 87.3 Å². The van der Waals surface area contributed by atoms with Gasteiger partial charge in [0.05, 0.1) is 6.04 Å². The number of carbonyl (C=O) groups is 3. The number of amides is 2. The summed E-state index contributed by atoms with van der Waals surface area (Å²) in [5.74, 6) is -0.373. The van der Waals surface area contributed by atoms with E-state index in [-0.39, 0.29) is 29.4 Å². The molecule has 0 aromatic heterocycles. The number of hydrogen-bond acceptors (Lipinski definition) is 6. The van der Waals surface area contributed by atoms with Gasteiger partial charge in [-0.15, -0.1) is 0 Å². The van der Waals surface area contributed by atoms with Crippen LogP contribution in [0.2, 0.25) is 0 Å². The third-order valence-electron chi connectivity index (χ3n) is 2.58. The Morgan fingerprint density at radius 3 is 2.75 bits per heavy atom. The van der Waals surface area contributed by atoms with Crippen LogP contribution < -0.4 is 16.0 Å². The molecule has 0 spiro atoms. The third kappa shape index (κ3) is 2.60. The quantitative estimate of drug-likeness (QED) is 0.581. The molecule has 7 heteroatoms. The lowest BCUT2D eigenvalue weighted by Crippen LogP contribution is -2.52. The highest BCUT2D eigenvalue weighted by Crippen LogP contribution is 2.22. The zero-order valence-corrected chi connectivity index (χ0v) is 9.43. The van der Waals surface area contributed by atoms with E-state index in [1.54, 1.807) is 0 Å². The van der Waals surface area contributed by atoms with Gasteiger partial charge in [0.15, 0.2) is 5.78 Å². The molecule has 2 aliphatic rings. The summed E-state index contributed by atoms with van der Waals surface area (Å²) in [5.41, 5.74) is 0. The monoisotopic (exact) mass is 243 g/mol. The number of piperazine rings is 1. The van der Waals surface area contributed by atoms with Crippen molar-refractivity contribution < 1.29 is 14.4 Å². The lowest BCUT2D eigenvalue weighted by atomic mass is 10.1. The van der Waals surface area contributed by atoms with Gasteiger partial charge in [0.1, 0.15) is 5.25 Å². The van der Waals surface area contributed by atoms with Crippen molar-refractivity contribution in [3.8, 4) is 0 Å². The van der Waals surface area contributed by atoms with Crippen molar-refractivity contribution in [2.24, 2.45) is 0 Å². The van der Waals surface area contributed by atoms with Gasteiger partial charge < -0.3 is 10.6 Å². The number of rotatable bonds is 3. The highest BCUT2D eigenvalue weighted by atomic mass is 32.2. The molecule has 0 aromatic carbocycles. The minimum Gasteiger partial charge on any atom is -0.313 e. The van der Waals surface area contributed by atoms with Gasteiger partial charge in [-0.2, -0.15) is 0 Å². The molecule has 3 N–H and O–H groups in total. The van der Waals surface area contributed by atoms with Crippen LogP contribution in [0.5, 0.6) is 0 Å². The highest BCUT2D eigenvalue weighted by Gasteiger charge is 2.35. The average Bonchev–Trinajstić information content (AvgIpc) is 2.59. The molecule has 2 aliphatic heterocycles. The van der Waals surface area contributed by atoms with Gasteiger partial charge in [0.25, 0.3) is 5.24 Å². The number of nitrogens with one attached hydrogen (secondary N) is 3. The van der Waals surface area contributed by atoms with E-state index >= 15 is 0 Å². The Hall–Kier alpha value is -0.920. The van der Waals surface area contributed by atoms with Crippen LogP contribution in [0.15, 0.2) is 0 Å². The lowest BCUT2D eigenvalue weighted by Gasteiger charge is -2.23. The number of hydrogen-bond donors (Lipinski definition) is 3. The molecule has 2 atom stereocenters. The van der Waals surface area contributed by atoms with E-state index in [1.807, 2.05) is 0 Å². The largest absolute Gasteiger partial charge is 0.313 e. The summed E-state index contributed by atoms with van der Waals surface area (Å²) in [4.78, 5) is 34.0. The average molecular weight is 243 g/mol. The number of ketones is 1. The molecular formula is C9H13N3O3S. The van der Waals surface area contributed by atoms with E-state index in [2.05, 4.69) is 16.0 Å². The smallest absolute Gasteiger partial charge is 0.286 e. The zero-order chi connectivity index (χ0) is 11.5. The SMILES string of the molecule is O=C1NC(=O)C(CC(=O)C2CNCCN2)S1. The summed E-state index contributed by atoms with van der Waals surface area (Å²) in [7, 11) is 0. The van der Waals surface area contributed by atoms with Crippen LogP contribution in [-0.4, -0.2) is 47.9 Å². The molecule has 0 aliphatic carbocycles. The maximum absolute atomic E-state index is 11.8. The van der Waals surface area contributed by atoms with Crippen LogP contribution in [0.1, 0.15) is 6.42 Å². The van der Waals surface area contributed by atoms with Gasteiger partial charge in [0, 0.05) is 26.1 Å². The molecule has 2 rings (SSSR count). The third-order valence-corrected chi connectivity index (χ3v) is 3.56. The minimum atomic E-state index is -0.552. The molecule has 2 heterocycles. The predicted octanol–water partition coefficient (Wildman–Crippen LogP) is -1.14. The van der Waals surface area contributed by atoms with E-state index in [1.165, 1.54) is 0 Å². The maximum atomic E-state index is 11.8. The second kappa shape index (κ2) is 4.94. The maximum Gasteiger partial charge on any atom is 0.286 e. The van der Waals surface area contributed by atoms with E-state index < -0.39 is 5.25 Å². The van der Waals surface area contributed by atoms with Gasteiger partial charge in [0.2, 0.25) is 5.91 Å². The standard InChI is InChI=1S/C9H13N3O3S/c13-6(5-4-10-1-2-11-5)3-7-8(14)12-9(15)16-7/h5,7,10-11H,1-4H2,(H,12,14,15). The van der Waals surface area contributed by atoms with Gasteiger partial charge in [-0.1, -0.05) is 11.8 Å². The second-order valence-electron chi connectivity index (χ2n) is 3.76. The summed E-state index contributed by atoms with van der Waals surface area (Å²) >= 11 is 0.897. The van der Waals surface area contributed by atoms with Crippen molar-refractivity contribution in [3.05, 3.63) is 0 Å². The Bertz CT molecular complexity index is 328. The molecule has 2 saturated heterocycles. The van der Waals surface area contributed by atoms with Crippen LogP contribution in [0.25, 0.3) is 0 Å². The van der Waals surface area contributed by atoms with Crippen LogP contribution >= 0.6 is 11.8 Å². The van der Waals surface area contributed by atoms with E-state index in [0.29, 0.717) is 6.54 Å². The normalized spacial score (nSPS) is 30.2. The molecule has 2 amide bonds. The van der Waals surface area contributed by atoms with Gasteiger partial charge in [-0.25, -0.2) is 0 Å². The zero-order valence-electron chi connectivity index (χ0n) is 8.62. The summed E-state index contributed by atoms with van der Waals surface area (Å²) in [6, 6.07) is -0.238. The summed E-state index contributed by atoms with van der Waals surface area (Å²) in [5, 5.41) is 7.44. The van der Waals surface area contributed by atoms with Gasteiger partial charge in [-0.05, 0) is 0 Å². The Morgan fingerprint density at radius 2 is 2.19 bits per heavy atom. The molecular weight excluding hydrogens is 230 g/mol. The van der Waals surface area contributed by atoms with Crippen molar-refractivity contribution in [3.63, 3.8) is 0 Å². The number of imide groups is 1. The molecule has 0 saturated carbocycles. The summed E-state index contributed by atoms with van der Waals surface area (Å²) < 4.78 is 0. The molecule has 88 valence electrons. The molecule has 2 fully saturated rings. The number of Topliss-reactive ketones (excluding diaryl/α,β-unsaturated/α-hetero) is 1. The predicted molar refractivity (Wildman–Crippen MR) is 59.2 cm³/mol. The van der Waals surface area contributed by atoms with Crippen molar-refractivity contribution in [1.82, 2.24) is 16.0 Å². The summed E-state index contributed by atoms with van der Waals surface area (Å²) in [6.45, 7) is 2.19. The first-order valence-electron chi connectivity index (χ1n) is 5.15. The van der Waals surface area contributed by atoms with E-state index in [0.717, 1.165) is 24.9 Å². The molecule has 2 unspecified atom stereocenters. The van der Waals surface area contributed by atoms with E-state index in [9.17, 15) is 14.4 Å². The van der Waals surface area contributed by atoms with Crippen LogP contribution in [0.4, 0.5) is 4.79 Å². The Morgan fingerprint density at radius 1 is 1.38 bits per heavy atom. The van der Waals surface area contributed by atoms with Crippen molar-refractivity contribution in [1.29, 1.82) is 0 Å². The first-order valence-corrected chi connectivity index (χ1v) is 6.03. The van der Waals surface area contributed by atoms with Crippen molar-refractivity contribution in [2.45, 2.75) is 17.7 Å². The van der Waals surface area contributed by atoms with Gasteiger partial charge >= 0.3 is 0 Å². The lowest BCUT2D eigenvalue weighted by molar-refractivity contribution is -0.125. The molecule has 0 aromatic rings. The Labute approximate surface area is 96.9 Å². The fourth-order valence-corrected chi connectivity index (χ4v) is 2.57. The minimum absolute atomic E-state index is 0.0189. The van der Waals surface area contributed by atoms with Crippen LogP contribution in [-0.2, 0) is 9.59 Å². The Balaban J connectivity index is 1.86. The first kappa shape index (κ1) is 11.6. The molecule has 16 heavy (non-hydrogen) atoms. The molecule has 0 radical (unpaired) electrons. The fraction of sp³-hybridized carbons (Fsp3) is 0.667.